The van der Waals surface area contributed by atoms with Crippen LogP contribution in [0.25, 0.3) is 0 Å². The van der Waals surface area contributed by atoms with Gasteiger partial charge in [0.15, 0.2) is 0 Å². The van der Waals surface area contributed by atoms with Gasteiger partial charge in [-0.25, -0.2) is 9.18 Å². The number of likely N-dealkylation sites (tertiary alicyclic amines) is 1. The molecular weight excluding hydrogens is 161 g/mol. The number of halogens is 1. The third-order valence-electron chi connectivity index (χ3n) is 1.96. The molecule has 12 heavy (non-hydrogen) atoms. The molecule has 0 aliphatic carbocycles. The average molecular weight is 173 g/mol. The molecule has 0 aromatic rings. The molecule has 0 bridgehead atoms. The predicted octanol–water partition coefficient (Wildman–Crippen LogP) is 1.35. The summed E-state index contributed by atoms with van der Waals surface area (Å²) in [4.78, 5) is 12.3. The lowest BCUT2D eigenvalue weighted by Gasteiger charge is -2.29. The Hall–Kier alpha value is -1.06. The van der Waals surface area contributed by atoms with Crippen molar-refractivity contribution in [1.29, 1.82) is 0 Å². The molecule has 3 nitrogen and oxygen atoms in total. The van der Waals surface area contributed by atoms with Crippen LogP contribution < -0.4 is 0 Å². The number of piperidine rings is 1. The van der Waals surface area contributed by atoms with Crippen molar-refractivity contribution in [1.82, 2.24) is 4.90 Å². The molecule has 1 heterocycles. The second kappa shape index (κ2) is 3.56. The SMILES string of the molecule is C=C1CCN(C(=O)OC)CC1F. The maximum Gasteiger partial charge on any atom is 0.409 e. The van der Waals surface area contributed by atoms with Crippen molar-refractivity contribution in [2.75, 3.05) is 20.2 Å². The van der Waals surface area contributed by atoms with E-state index in [1.54, 1.807) is 0 Å². The predicted molar refractivity (Wildman–Crippen MR) is 42.6 cm³/mol. The Labute approximate surface area is 70.8 Å². The molecule has 1 unspecified atom stereocenters. The molecule has 0 aromatic heterocycles. The monoisotopic (exact) mass is 173 g/mol. The van der Waals surface area contributed by atoms with Gasteiger partial charge in [-0.1, -0.05) is 6.58 Å². The maximum absolute atomic E-state index is 13.0. The van der Waals surface area contributed by atoms with Gasteiger partial charge in [-0.2, -0.15) is 0 Å². The number of rotatable bonds is 0. The molecule has 68 valence electrons. The quantitative estimate of drug-likeness (QED) is 0.517. The van der Waals surface area contributed by atoms with E-state index < -0.39 is 12.3 Å². The zero-order valence-corrected chi connectivity index (χ0v) is 7.05. The van der Waals surface area contributed by atoms with E-state index >= 15 is 0 Å². The molecule has 1 atom stereocenters. The summed E-state index contributed by atoms with van der Waals surface area (Å²) in [6.07, 6.45) is -1.04. The van der Waals surface area contributed by atoms with Gasteiger partial charge in [0, 0.05) is 6.54 Å². The smallest absolute Gasteiger partial charge is 0.409 e. The van der Waals surface area contributed by atoms with Crippen LogP contribution >= 0.6 is 0 Å². The molecule has 4 heteroatoms. The standard InChI is InChI=1S/C8H12FNO2/c1-6-3-4-10(5-7(6)9)8(11)12-2/h7H,1,3-5H2,2H3. The summed E-state index contributed by atoms with van der Waals surface area (Å²) in [5, 5.41) is 0. The lowest BCUT2D eigenvalue weighted by Crippen LogP contribution is -2.41. The highest BCUT2D eigenvalue weighted by molar-refractivity contribution is 5.67. The van der Waals surface area contributed by atoms with Gasteiger partial charge in [0.05, 0.1) is 13.7 Å². The number of carbonyl (C=O) groups is 1. The van der Waals surface area contributed by atoms with Crippen molar-refractivity contribution < 1.29 is 13.9 Å². The number of hydrogen-bond acceptors (Lipinski definition) is 2. The number of methoxy groups -OCH3 is 1. The van der Waals surface area contributed by atoms with Crippen molar-refractivity contribution >= 4 is 6.09 Å². The highest BCUT2D eigenvalue weighted by atomic mass is 19.1. The Bertz CT molecular complexity index is 205. The minimum absolute atomic E-state index is 0.0749. The number of carbonyl (C=O) groups excluding carboxylic acids is 1. The fourth-order valence-electron chi connectivity index (χ4n) is 1.14. The van der Waals surface area contributed by atoms with Gasteiger partial charge < -0.3 is 9.64 Å². The summed E-state index contributed by atoms with van der Waals surface area (Å²) in [7, 11) is 1.29. The van der Waals surface area contributed by atoms with Crippen LogP contribution in [-0.2, 0) is 4.74 Å². The molecule has 0 saturated carbocycles. The minimum Gasteiger partial charge on any atom is -0.453 e. The first-order chi connectivity index (χ1) is 5.65. The lowest BCUT2D eigenvalue weighted by molar-refractivity contribution is 0.106. The first-order valence-electron chi connectivity index (χ1n) is 3.79. The molecule has 1 fully saturated rings. The topological polar surface area (TPSA) is 29.5 Å². The van der Waals surface area contributed by atoms with Crippen molar-refractivity contribution in [2.45, 2.75) is 12.6 Å². The summed E-state index contributed by atoms with van der Waals surface area (Å²) in [6.45, 7) is 4.14. The van der Waals surface area contributed by atoms with Crippen LogP contribution in [0.5, 0.6) is 0 Å². The zero-order chi connectivity index (χ0) is 9.14. The largest absolute Gasteiger partial charge is 0.453 e. The summed E-state index contributed by atoms with van der Waals surface area (Å²) in [5.74, 6) is 0. The van der Waals surface area contributed by atoms with Gasteiger partial charge in [-0.05, 0) is 12.0 Å². The fourth-order valence-corrected chi connectivity index (χ4v) is 1.14. The van der Waals surface area contributed by atoms with E-state index in [0.29, 0.717) is 18.5 Å². The zero-order valence-electron chi connectivity index (χ0n) is 7.05. The highest BCUT2D eigenvalue weighted by Gasteiger charge is 2.25. The van der Waals surface area contributed by atoms with E-state index in [-0.39, 0.29) is 6.54 Å². The maximum atomic E-state index is 13.0. The summed E-state index contributed by atoms with van der Waals surface area (Å²) < 4.78 is 17.4. The minimum atomic E-state index is -1.10. The molecule has 0 spiro atoms. The van der Waals surface area contributed by atoms with Crippen LogP contribution in [-0.4, -0.2) is 37.4 Å². The third kappa shape index (κ3) is 1.75. The average Bonchev–Trinajstić information content (AvgIpc) is 2.08. The van der Waals surface area contributed by atoms with Crippen molar-refractivity contribution in [3.8, 4) is 0 Å². The van der Waals surface area contributed by atoms with Crippen molar-refractivity contribution in [2.24, 2.45) is 0 Å². The van der Waals surface area contributed by atoms with Crippen LogP contribution in [0.3, 0.4) is 0 Å². The van der Waals surface area contributed by atoms with Crippen LogP contribution in [0.2, 0.25) is 0 Å². The van der Waals surface area contributed by atoms with E-state index in [4.69, 9.17) is 0 Å². The summed E-state index contributed by atoms with van der Waals surface area (Å²) in [6, 6.07) is 0. The third-order valence-corrected chi connectivity index (χ3v) is 1.96. The van der Waals surface area contributed by atoms with Gasteiger partial charge >= 0.3 is 6.09 Å². The number of hydrogen-bond donors (Lipinski definition) is 0. The van der Waals surface area contributed by atoms with Gasteiger partial charge in [0.25, 0.3) is 0 Å². The number of alkyl halides is 1. The molecule has 1 saturated heterocycles. The van der Waals surface area contributed by atoms with Gasteiger partial charge in [-0.3, -0.25) is 0 Å². The molecule has 1 rings (SSSR count). The van der Waals surface area contributed by atoms with E-state index in [2.05, 4.69) is 11.3 Å². The number of amides is 1. The van der Waals surface area contributed by atoms with Crippen LogP contribution in [0.4, 0.5) is 9.18 Å². The van der Waals surface area contributed by atoms with Crippen LogP contribution in [0.15, 0.2) is 12.2 Å². The normalized spacial score (nSPS) is 24.0. The molecule has 1 aliphatic heterocycles. The van der Waals surface area contributed by atoms with Crippen molar-refractivity contribution in [3.05, 3.63) is 12.2 Å². The van der Waals surface area contributed by atoms with Crippen LogP contribution in [0, 0.1) is 0 Å². The van der Waals surface area contributed by atoms with E-state index in [0.717, 1.165) is 0 Å². The fraction of sp³-hybridized carbons (Fsp3) is 0.625. The second-order valence-corrected chi connectivity index (χ2v) is 2.79. The Morgan fingerprint density at radius 3 is 3.00 bits per heavy atom. The first-order valence-corrected chi connectivity index (χ1v) is 3.79. The number of nitrogens with zero attached hydrogens (tertiary/aromatic N) is 1. The molecule has 0 aromatic carbocycles. The summed E-state index contributed by atoms with van der Waals surface area (Å²) in [5.41, 5.74) is 0.565. The molecule has 0 N–H and O–H groups in total. The first kappa shape index (κ1) is 9.03. The lowest BCUT2D eigenvalue weighted by atomic mass is 10.1. The van der Waals surface area contributed by atoms with Gasteiger partial charge in [-0.15, -0.1) is 0 Å². The van der Waals surface area contributed by atoms with E-state index in [1.165, 1.54) is 12.0 Å². The second-order valence-electron chi connectivity index (χ2n) is 2.79. The molecule has 1 amide bonds. The van der Waals surface area contributed by atoms with Crippen LogP contribution in [0.1, 0.15) is 6.42 Å². The molecule has 0 radical (unpaired) electrons. The Morgan fingerprint density at radius 1 is 1.83 bits per heavy atom. The Kier molecular flexibility index (Phi) is 2.68. The molecule has 1 aliphatic rings. The van der Waals surface area contributed by atoms with Gasteiger partial charge in [0.1, 0.15) is 6.17 Å². The highest BCUT2D eigenvalue weighted by Crippen LogP contribution is 2.17. The number of ether oxygens (including phenoxy) is 1. The Balaban J connectivity index is 2.50. The van der Waals surface area contributed by atoms with Gasteiger partial charge in [0.2, 0.25) is 0 Å². The van der Waals surface area contributed by atoms with E-state index in [9.17, 15) is 9.18 Å². The van der Waals surface area contributed by atoms with E-state index in [1.807, 2.05) is 0 Å². The Morgan fingerprint density at radius 2 is 2.50 bits per heavy atom. The van der Waals surface area contributed by atoms with Crippen molar-refractivity contribution in [3.63, 3.8) is 0 Å². The molecular formula is C8H12FNO2. The summed E-state index contributed by atoms with van der Waals surface area (Å²) >= 11 is 0.